The normalized spacial score (nSPS) is 10.5. The van der Waals surface area contributed by atoms with Gasteiger partial charge >= 0.3 is 0 Å². The molecule has 5 heteroatoms. The highest BCUT2D eigenvalue weighted by Gasteiger charge is 2.09. The van der Waals surface area contributed by atoms with E-state index in [1.54, 1.807) is 0 Å². The zero-order valence-corrected chi connectivity index (χ0v) is 7.90. The van der Waals surface area contributed by atoms with Crippen molar-refractivity contribution >= 4 is 10.8 Å². The molecule has 0 spiro atoms. The Labute approximate surface area is 84.1 Å². The van der Waals surface area contributed by atoms with E-state index in [4.69, 9.17) is 0 Å². The maximum absolute atomic E-state index is 12.9. The van der Waals surface area contributed by atoms with Crippen molar-refractivity contribution in [1.29, 1.82) is 0 Å². The van der Waals surface area contributed by atoms with Gasteiger partial charge in [-0.3, -0.25) is 4.79 Å². The summed E-state index contributed by atoms with van der Waals surface area (Å²) >= 11 is 0. The zero-order chi connectivity index (χ0) is 11.0. The number of hydrogen-bond donors (Lipinski definition) is 1. The van der Waals surface area contributed by atoms with E-state index in [0.717, 1.165) is 6.07 Å². The fourth-order valence-corrected chi connectivity index (χ4v) is 1.43. The molecule has 78 valence electrons. The number of pyridine rings is 1. The van der Waals surface area contributed by atoms with Crippen LogP contribution in [0.5, 0.6) is 5.88 Å². The van der Waals surface area contributed by atoms with Gasteiger partial charge in [0.15, 0.2) is 0 Å². The molecule has 0 atom stereocenters. The molecule has 2 rings (SSSR count). The maximum Gasteiger partial charge on any atom is 0.287 e. The first-order valence-electron chi connectivity index (χ1n) is 4.22. The van der Waals surface area contributed by atoms with Gasteiger partial charge in [0.1, 0.15) is 12.9 Å². The van der Waals surface area contributed by atoms with Crippen LogP contribution in [0.1, 0.15) is 0 Å². The molecule has 0 amide bonds. The van der Waals surface area contributed by atoms with Crippen LogP contribution in [0, 0.1) is 5.82 Å². The minimum absolute atomic E-state index is 0.233. The molecule has 1 aromatic heterocycles. The Bertz CT molecular complexity index is 577. The van der Waals surface area contributed by atoms with E-state index in [1.165, 1.54) is 25.3 Å². The van der Waals surface area contributed by atoms with Crippen molar-refractivity contribution in [3.63, 3.8) is 0 Å². The summed E-state index contributed by atoms with van der Waals surface area (Å²) in [5, 5.41) is 10.3. The van der Waals surface area contributed by atoms with Gasteiger partial charge in [-0.1, -0.05) is 6.07 Å². The highest BCUT2D eigenvalue weighted by Crippen LogP contribution is 2.22. The number of aromatic nitrogens is 1. The topological polar surface area (TPSA) is 51.5 Å². The molecule has 15 heavy (non-hydrogen) atoms. The van der Waals surface area contributed by atoms with Crippen molar-refractivity contribution in [1.82, 2.24) is 4.73 Å². The predicted octanol–water partition coefficient (Wildman–Crippen LogP) is 0.905. The van der Waals surface area contributed by atoms with Gasteiger partial charge in [-0.25, -0.2) is 4.39 Å². The van der Waals surface area contributed by atoms with Crippen LogP contribution in [-0.2, 0) is 0 Å². The van der Waals surface area contributed by atoms with Gasteiger partial charge in [0, 0.05) is 11.5 Å². The van der Waals surface area contributed by atoms with Gasteiger partial charge < -0.3 is 9.94 Å². The maximum atomic E-state index is 12.9. The lowest BCUT2D eigenvalue weighted by atomic mass is 10.1. The van der Waals surface area contributed by atoms with E-state index in [1.807, 2.05) is 0 Å². The average Bonchev–Trinajstić information content (AvgIpc) is 2.20. The summed E-state index contributed by atoms with van der Waals surface area (Å²) in [6, 6.07) is 5.04. The molecular weight excluding hydrogens is 201 g/mol. The molecule has 0 radical (unpaired) electrons. The second-order valence-electron chi connectivity index (χ2n) is 3.01. The van der Waals surface area contributed by atoms with Crippen molar-refractivity contribution in [3.05, 3.63) is 40.4 Å². The van der Waals surface area contributed by atoms with E-state index in [2.05, 4.69) is 4.84 Å². The van der Waals surface area contributed by atoms with Gasteiger partial charge in [-0.05, 0) is 17.5 Å². The van der Waals surface area contributed by atoms with Crippen molar-refractivity contribution in [2.75, 3.05) is 7.11 Å². The van der Waals surface area contributed by atoms with E-state index >= 15 is 0 Å². The highest BCUT2D eigenvalue weighted by molar-refractivity contribution is 5.86. The molecule has 0 saturated heterocycles. The Morgan fingerprint density at radius 2 is 2.13 bits per heavy atom. The fraction of sp³-hybridized carbons (Fsp3) is 0.100. The van der Waals surface area contributed by atoms with Gasteiger partial charge in [0.25, 0.3) is 5.56 Å². The first-order chi connectivity index (χ1) is 7.13. The SMILES string of the molecule is COn1c(O)c2cc(F)ccc2cc1=O. The molecule has 4 nitrogen and oxygen atoms in total. The van der Waals surface area contributed by atoms with E-state index in [0.29, 0.717) is 10.1 Å². The van der Waals surface area contributed by atoms with Crippen LogP contribution < -0.4 is 10.4 Å². The van der Waals surface area contributed by atoms with Gasteiger partial charge in [-0.15, -0.1) is 4.73 Å². The van der Waals surface area contributed by atoms with Gasteiger partial charge in [0.2, 0.25) is 5.88 Å². The average molecular weight is 209 g/mol. The molecule has 0 aliphatic rings. The number of hydrogen-bond acceptors (Lipinski definition) is 3. The third-order valence-corrected chi connectivity index (χ3v) is 2.11. The molecule has 0 aliphatic heterocycles. The minimum atomic E-state index is -0.505. The Kier molecular flexibility index (Phi) is 2.07. The smallest absolute Gasteiger partial charge is 0.287 e. The lowest BCUT2D eigenvalue weighted by molar-refractivity contribution is 0.133. The molecule has 1 N–H and O–H groups in total. The van der Waals surface area contributed by atoms with Crippen LogP contribution >= 0.6 is 0 Å². The van der Waals surface area contributed by atoms with Crippen LogP contribution in [0.2, 0.25) is 0 Å². The van der Waals surface area contributed by atoms with Gasteiger partial charge in [-0.2, -0.15) is 0 Å². The molecule has 2 aromatic rings. The number of benzene rings is 1. The highest BCUT2D eigenvalue weighted by atomic mass is 19.1. The standard InChI is InChI=1S/C10H8FNO3/c1-15-12-9(13)4-6-2-3-7(11)5-8(6)10(12)14/h2-5,14H,1H3. The number of fused-ring (bicyclic) bond motifs is 1. The first kappa shape index (κ1) is 9.51. The zero-order valence-electron chi connectivity index (χ0n) is 7.90. The Morgan fingerprint density at radius 1 is 1.40 bits per heavy atom. The van der Waals surface area contributed by atoms with E-state index < -0.39 is 17.3 Å². The monoisotopic (exact) mass is 209 g/mol. The quantitative estimate of drug-likeness (QED) is 0.759. The lowest BCUT2D eigenvalue weighted by Crippen LogP contribution is -2.23. The fourth-order valence-electron chi connectivity index (χ4n) is 1.43. The second-order valence-corrected chi connectivity index (χ2v) is 3.01. The van der Waals surface area contributed by atoms with Crippen LogP contribution in [0.3, 0.4) is 0 Å². The summed E-state index contributed by atoms with van der Waals surface area (Å²) in [6.07, 6.45) is 0. The molecular formula is C10H8FNO3. The van der Waals surface area contributed by atoms with E-state index in [-0.39, 0.29) is 5.39 Å². The molecule has 0 unspecified atom stereocenters. The van der Waals surface area contributed by atoms with Crippen molar-refractivity contribution < 1.29 is 14.3 Å². The summed E-state index contributed by atoms with van der Waals surface area (Å²) in [4.78, 5) is 16.0. The third-order valence-electron chi connectivity index (χ3n) is 2.11. The van der Waals surface area contributed by atoms with Gasteiger partial charge in [0.05, 0.1) is 0 Å². The molecule has 0 bridgehead atoms. The Hall–Kier alpha value is -2.04. The third kappa shape index (κ3) is 1.41. The van der Waals surface area contributed by atoms with Crippen molar-refractivity contribution in [2.24, 2.45) is 0 Å². The largest absolute Gasteiger partial charge is 0.492 e. The Morgan fingerprint density at radius 3 is 2.80 bits per heavy atom. The lowest BCUT2D eigenvalue weighted by Gasteiger charge is -2.08. The summed E-state index contributed by atoms with van der Waals surface area (Å²) in [5.74, 6) is -0.890. The number of rotatable bonds is 1. The van der Waals surface area contributed by atoms with E-state index in [9.17, 15) is 14.3 Å². The number of aromatic hydroxyl groups is 1. The van der Waals surface area contributed by atoms with Crippen LogP contribution in [0.25, 0.3) is 10.8 Å². The van der Waals surface area contributed by atoms with Crippen molar-refractivity contribution in [3.8, 4) is 5.88 Å². The summed E-state index contributed by atoms with van der Waals surface area (Å²) in [6.45, 7) is 0. The molecule has 1 heterocycles. The number of halogens is 1. The number of nitrogens with zero attached hydrogens (tertiary/aromatic N) is 1. The van der Waals surface area contributed by atoms with Crippen LogP contribution in [0.15, 0.2) is 29.1 Å². The summed E-state index contributed by atoms with van der Waals surface area (Å²) < 4.78 is 13.6. The van der Waals surface area contributed by atoms with Crippen molar-refractivity contribution in [2.45, 2.75) is 0 Å². The predicted molar refractivity (Wildman–Crippen MR) is 52.3 cm³/mol. The minimum Gasteiger partial charge on any atom is -0.492 e. The Balaban J connectivity index is 2.92. The molecule has 1 aromatic carbocycles. The summed E-state index contributed by atoms with van der Waals surface area (Å²) in [5.41, 5.74) is -0.505. The first-order valence-corrected chi connectivity index (χ1v) is 4.22. The van der Waals surface area contributed by atoms with Crippen LogP contribution in [0.4, 0.5) is 4.39 Å². The van der Waals surface area contributed by atoms with Crippen LogP contribution in [-0.4, -0.2) is 16.9 Å². The molecule has 0 aliphatic carbocycles. The molecule has 0 saturated carbocycles. The second kappa shape index (κ2) is 3.27. The molecule has 0 fully saturated rings. The summed E-state index contributed by atoms with van der Waals surface area (Å²) in [7, 11) is 1.24.